The Labute approximate surface area is 96.9 Å². The molecule has 0 radical (unpaired) electrons. The number of ether oxygens (including phenoxy) is 2. The average molecular weight is 227 g/mol. The topological polar surface area (TPSA) is 38.8 Å². The molecule has 92 valence electrons. The molecule has 4 heteroatoms. The quantitative estimate of drug-likeness (QED) is 0.671. The highest BCUT2D eigenvalue weighted by Crippen LogP contribution is 2.24. The van der Waals surface area contributed by atoms with Gasteiger partial charge >= 0.3 is 5.97 Å². The lowest BCUT2D eigenvalue weighted by Crippen LogP contribution is -2.50. The van der Waals surface area contributed by atoms with E-state index in [2.05, 4.69) is 4.90 Å². The molecule has 16 heavy (non-hydrogen) atoms. The normalized spacial score (nSPS) is 32.3. The van der Waals surface area contributed by atoms with Crippen molar-refractivity contribution in [3.8, 4) is 0 Å². The first-order valence-corrected chi connectivity index (χ1v) is 6.30. The van der Waals surface area contributed by atoms with Crippen LogP contribution in [0.15, 0.2) is 0 Å². The van der Waals surface area contributed by atoms with Gasteiger partial charge in [0.15, 0.2) is 0 Å². The van der Waals surface area contributed by atoms with E-state index in [-0.39, 0.29) is 18.3 Å². The number of carbonyl (C=O) groups excluding carboxylic acids is 1. The van der Waals surface area contributed by atoms with Crippen molar-refractivity contribution in [3.63, 3.8) is 0 Å². The van der Waals surface area contributed by atoms with E-state index in [1.807, 2.05) is 0 Å². The third-order valence-electron chi connectivity index (χ3n) is 3.38. The summed E-state index contributed by atoms with van der Waals surface area (Å²) in [6.45, 7) is 4.39. The molecule has 0 N–H and O–H groups in total. The minimum atomic E-state index is -0.343. The molecule has 0 aliphatic carbocycles. The lowest BCUT2D eigenvalue weighted by Gasteiger charge is -2.40. The summed E-state index contributed by atoms with van der Waals surface area (Å²) in [6.07, 6.45) is 5.63. The summed E-state index contributed by atoms with van der Waals surface area (Å²) in [6, 6.07) is 0.276. The molecule has 0 amide bonds. The Bertz CT molecular complexity index is 238. The van der Waals surface area contributed by atoms with Crippen LogP contribution in [-0.2, 0) is 14.3 Å². The van der Waals surface area contributed by atoms with Gasteiger partial charge in [0, 0.05) is 6.92 Å². The first kappa shape index (κ1) is 11.9. The van der Waals surface area contributed by atoms with Gasteiger partial charge in [-0.25, -0.2) is 0 Å². The van der Waals surface area contributed by atoms with E-state index in [0.717, 1.165) is 25.9 Å². The van der Waals surface area contributed by atoms with Gasteiger partial charge in [-0.3, -0.25) is 9.69 Å². The molecule has 0 aromatic heterocycles. The Morgan fingerprint density at radius 1 is 1.25 bits per heavy atom. The Morgan fingerprint density at radius 2 is 2.00 bits per heavy atom. The second-order valence-electron chi connectivity index (χ2n) is 4.65. The Kier molecular flexibility index (Phi) is 4.18. The number of hydrogen-bond donors (Lipinski definition) is 0. The number of carbonyl (C=O) groups is 1. The first-order chi connectivity index (χ1) is 7.77. The van der Waals surface area contributed by atoms with Crippen LogP contribution in [0.25, 0.3) is 0 Å². The molecule has 2 saturated heterocycles. The van der Waals surface area contributed by atoms with Crippen LogP contribution in [0.5, 0.6) is 0 Å². The van der Waals surface area contributed by atoms with E-state index < -0.39 is 0 Å². The van der Waals surface area contributed by atoms with Crippen molar-refractivity contribution >= 4 is 5.97 Å². The molecule has 2 rings (SSSR count). The van der Waals surface area contributed by atoms with Crippen molar-refractivity contribution in [2.75, 3.05) is 19.7 Å². The molecule has 2 aliphatic heterocycles. The summed E-state index contributed by atoms with van der Waals surface area (Å²) in [5.41, 5.74) is 0. The first-order valence-electron chi connectivity index (χ1n) is 6.30. The summed E-state index contributed by atoms with van der Waals surface area (Å²) < 4.78 is 10.8. The SMILES string of the molecule is CC(=O)O[C@@H]1OCCC[C@@H]1N1CCCCC1. The lowest BCUT2D eigenvalue weighted by atomic mass is 10.0. The molecule has 4 nitrogen and oxygen atoms in total. The minimum Gasteiger partial charge on any atom is -0.434 e. The van der Waals surface area contributed by atoms with E-state index in [0.29, 0.717) is 6.61 Å². The van der Waals surface area contributed by atoms with Gasteiger partial charge in [-0.15, -0.1) is 0 Å². The Balaban J connectivity index is 1.94. The number of hydrogen-bond acceptors (Lipinski definition) is 4. The highest BCUT2D eigenvalue weighted by molar-refractivity contribution is 5.66. The largest absolute Gasteiger partial charge is 0.434 e. The molecule has 2 heterocycles. The smallest absolute Gasteiger partial charge is 0.304 e. The monoisotopic (exact) mass is 227 g/mol. The van der Waals surface area contributed by atoms with Crippen LogP contribution in [0.4, 0.5) is 0 Å². The highest BCUT2D eigenvalue weighted by Gasteiger charge is 2.33. The van der Waals surface area contributed by atoms with E-state index in [9.17, 15) is 4.79 Å². The second-order valence-corrected chi connectivity index (χ2v) is 4.65. The number of likely N-dealkylation sites (tertiary alicyclic amines) is 1. The van der Waals surface area contributed by atoms with Crippen LogP contribution < -0.4 is 0 Å². The third-order valence-corrected chi connectivity index (χ3v) is 3.38. The number of piperidine rings is 1. The van der Waals surface area contributed by atoms with Crippen LogP contribution >= 0.6 is 0 Å². The maximum Gasteiger partial charge on any atom is 0.304 e. The standard InChI is InChI=1S/C12H21NO3/c1-10(14)16-12-11(6-5-9-15-12)13-7-3-2-4-8-13/h11-12H,2-9H2,1H3/t11-,12-/m0/s1. The van der Waals surface area contributed by atoms with E-state index in [1.165, 1.54) is 26.2 Å². The van der Waals surface area contributed by atoms with Crippen molar-refractivity contribution < 1.29 is 14.3 Å². The minimum absolute atomic E-state index is 0.242. The lowest BCUT2D eigenvalue weighted by molar-refractivity contribution is -0.205. The fourth-order valence-corrected chi connectivity index (χ4v) is 2.62. The molecular formula is C12H21NO3. The van der Waals surface area contributed by atoms with Gasteiger partial charge in [0.2, 0.25) is 6.29 Å². The number of rotatable bonds is 2. The zero-order valence-corrected chi connectivity index (χ0v) is 9.98. The summed E-state index contributed by atoms with van der Waals surface area (Å²) in [5, 5.41) is 0. The van der Waals surface area contributed by atoms with Gasteiger partial charge in [0.05, 0.1) is 12.6 Å². The van der Waals surface area contributed by atoms with Crippen molar-refractivity contribution in [1.29, 1.82) is 0 Å². The average Bonchev–Trinajstić information content (AvgIpc) is 2.30. The van der Waals surface area contributed by atoms with Gasteiger partial charge in [-0.2, -0.15) is 0 Å². The van der Waals surface area contributed by atoms with Gasteiger partial charge in [-0.05, 0) is 38.8 Å². The van der Waals surface area contributed by atoms with Crippen molar-refractivity contribution in [2.24, 2.45) is 0 Å². The van der Waals surface area contributed by atoms with E-state index in [4.69, 9.17) is 9.47 Å². The second kappa shape index (κ2) is 5.64. The zero-order valence-electron chi connectivity index (χ0n) is 9.98. The maximum absolute atomic E-state index is 11.0. The van der Waals surface area contributed by atoms with Crippen LogP contribution in [0, 0.1) is 0 Å². The molecule has 0 unspecified atom stereocenters. The fourth-order valence-electron chi connectivity index (χ4n) is 2.62. The summed E-state index contributed by atoms with van der Waals surface area (Å²) in [7, 11) is 0. The molecule has 0 aromatic rings. The predicted octanol–water partition coefficient (Wildman–Crippen LogP) is 1.54. The molecule has 2 aliphatic rings. The molecule has 0 saturated carbocycles. The van der Waals surface area contributed by atoms with Crippen LogP contribution in [0.2, 0.25) is 0 Å². The Hall–Kier alpha value is -0.610. The van der Waals surface area contributed by atoms with Gasteiger partial charge < -0.3 is 9.47 Å². The van der Waals surface area contributed by atoms with Gasteiger partial charge in [-0.1, -0.05) is 6.42 Å². The molecule has 0 aromatic carbocycles. The van der Waals surface area contributed by atoms with Crippen LogP contribution in [-0.4, -0.2) is 42.9 Å². The number of esters is 1. The van der Waals surface area contributed by atoms with Crippen LogP contribution in [0.1, 0.15) is 39.0 Å². The summed E-state index contributed by atoms with van der Waals surface area (Å²) in [4.78, 5) is 13.4. The van der Waals surface area contributed by atoms with Crippen molar-refractivity contribution in [2.45, 2.75) is 51.4 Å². The third kappa shape index (κ3) is 2.95. The number of nitrogens with zero attached hydrogens (tertiary/aromatic N) is 1. The zero-order chi connectivity index (χ0) is 11.4. The van der Waals surface area contributed by atoms with Crippen LogP contribution in [0.3, 0.4) is 0 Å². The van der Waals surface area contributed by atoms with Crippen molar-refractivity contribution in [1.82, 2.24) is 4.90 Å². The highest BCUT2D eigenvalue weighted by atomic mass is 16.7. The molecule has 0 bridgehead atoms. The summed E-state index contributed by atoms with van der Waals surface area (Å²) >= 11 is 0. The molecule has 2 fully saturated rings. The van der Waals surface area contributed by atoms with Gasteiger partial charge in [0.25, 0.3) is 0 Å². The van der Waals surface area contributed by atoms with E-state index in [1.54, 1.807) is 0 Å². The van der Waals surface area contributed by atoms with Gasteiger partial charge in [0.1, 0.15) is 0 Å². The summed E-state index contributed by atoms with van der Waals surface area (Å²) in [5.74, 6) is -0.242. The van der Waals surface area contributed by atoms with E-state index >= 15 is 0 Å². The molecule has 0 spiro atoms. The molecule has 2 atom stereocenters. The predicted molar refractivity (Wildman–Crippen MR) is 60.0 cm³/mol. The maximum atomic E-state index is 11.0. The fraction of sp³-hybridized carbons (Fsp3) is 0.917. The molecular weight excluding hydrogens is 206 g/mol. The van der Waals surface area contributed by atoms with Crippen molar-refractivity contribution in [3.05, 3.63) is 0 Å². The Morgan fingerprint density at radius 3 is 2.69 bits per heavy atom.